The Hall–Kier alpha value is -1.26. The van der Waals surface area contributed by atoms with Crippen LogP contribution < -0.4 is 10.2 Å². The van der Waals surface area contributed by atoms with Crippen molar-refractivity contribution in [3.05, 3.63) is 22.3 Å². The van der Waals surface area contributed by atoms with Crippen molar-refractivity contribution in [2.45, 2.75) is 52.7 Å². The molecule has 19 heavy (non-hydrogen) atoms. The zero-order valence-corrected chi connectivity index (χ0v) is 12.5. The summed E-state index contributed by atoms with van der Waals surface area (Å²) in [5, 5.41) is 10.2. The van der Waals surface area contributed by atoms with Gasteiger partial charge in [0.1, 0.15) is 17.1 Å². The van der Waals surface area contributed by atoms with Crippen LogP contribution in [0.5, 0.6) is 11.5 Å². The van der Waals surface area contributed by atoms with Gasteiger partial charge in [-0.05, 0) is 51.3 Å². The number of phenols is 1. The summed E-state index contributed by atoms with van der Waals surface area (Å²) in [5.41, 5.74) is 6.50. The van der Waals surface area contributed by atoms with Gasteiger partial charge in [0.05, 0.1) is 13.2 Å². The molecule has 0 bridgehead atoms. The first-order valence-electron chi connectivity index (χ1n) is 6.58. The van der Waals surface area contributed by atoms with Crippen LogP contribution in [0.4, 0.5) is 0 Å². The second kappa shape index (κ2) is 4.69. The summed E-state index contributed by atoms with van der Waals surface area (Å²) in [7, 11) is 1.61. The summed E-state index contributed by atoms with van der Waals surface area (Å²) in [6, 6.07) is 0.0222. The van der Waals surface area contributed by atoms with Gasteiger partial charge in [0.25, 0.3) is 0 Å². The number of nitrogens with one attached hydrogen (secondary N) is 1. The highest BCUT2D eigenvalue weighted by atomic mass is 16.6. The molecule has 1 aliphatic rings. The number of ether oxygens (including phenoxy) is 1. The van der Waals surface area contributed by atoms with Gasteiger partial charge in [-0.3, -0.25) is 0 Å². The van der Waals surface area contributed by atoms with Gasteiger partial charge in [-0.25, -0.2) is 0 Å². The third-order valence-electron chi connectivity index (χ3n) is 3.94. The fraction of sp³-hybridized carbons (Fsp3) is 0.600. The Morgan fingerprint density at radius 1 is 1.21 bits per heavy atom. The first kappa shape index (κ1) is 14.2. The number of hydroxylamine groups is 1. The lowest BCUT2D eigenvalue weighted by molar-refractivity contribution is 0.00210. The lowest BCUT2D eigenvalue weighted by atomic mass is 9.85. The summed E-state index contributed by atoms with van der Waals surface area (Å²) in [6.07, 6.45) is 0.788. The number of aromatic hydroxyl groups is 1. The molecule has 1 heterocycles. The van der Waals surface area contributed by atoms with Crippen LogP contribution >= 0.6 is 0 Å². The Kier molecular flexibility index (Phi) is 3.49. The van der Waals surface area contributed by atoms with Gasteiger partial charge in [-0.15, -0.1) is 0 Å². The van der Waals surface area contributed by atoms with E-state index < -0.39 is 0 Å². The molecular weight excluding hydrogens is 242 g/mol. The maximum Gasteiger partial charge on any atom is 0.128 e. The lowest BCUT2D eigenvalue weighted by Gasteiger charge is -2.39. The van der Waals surface area contributed by atoms with Crippen LogP contribution in [-0.2, 0) is 4.84 Å². The molecule has 4 nitrogen and oxygen atoms in total. The molecule has 1 atom stereocenters. The molecule has 0 aromatic heterocycles. The van der Waals surface area contributed by atoms with Gasteiger partial charge in [0.2, 0.25) is 0 Å². The molecule has 0 amide bonds. The molecule has 2 rings (SSSR count). The smallest absolute Gasteiger partial charge is 0.128 e. The molecule has 0 aliphatic carbocycles. The Bertz CT molecular complexity index is 509. The Balaban J connectivity index is 2.66. The normalized spacial score (nSPS) is 20.8. The van der Waals surface area contributed by atoms with E-state index in [-0.39, 0.29) is 11.6 Å². The third kappa shape index (κ3) is 2.30. The van der Waals surface area contributed by atoms with Crippen molar-refractivity contribution in [1.29, 1.82) is 0 Å². The van der Waals surface area contributed by atoms with Crippen LogP contribution in [-0.4, -0.2) is 17.8 Å². The predicted molar refractivity (Wildman–Crippen MR) is 74.5 cm³/mol. The average Bonchev–Trinajstić information content (AvgIpc) is 2.32. The van der Waals surface area contributed by atoms with Crippen LogP contribution in [0.3, 0.4) is 0 Å². The first-order valence-corrected chi connectivity index (χ1v) is 6.58. The topological polar surface area (TPSA) is 50.7 Å². The van der Waals surface area contributed by atoms with Gasteiger partial charge in [0.15, 0.2) is 0 Å². The van der Waals surface area contributed by atoms with Gasteiger partial charge in [-0.2, -0.15) is 5.48 Å². The lowest BCUT2D eigenvalue weighted by Crippen LogP contribution is -2.40. The third-order valence-corrected chi connectivity index (χ3v) is 3.94. The highest BCUT2D eigenvalue weighted by Crippen LogP contribution is 2.47. The number of rotatable bonds is 2. The fourth-order valence-electron chi connectivity index (χ4n) is 2.83. The molecular formula is C15H23NO3. The first-order chi connectivity index (χ1) is 8.78. The summed E-state index contributed by atoms with van der Waals surface area (Å²) >= 11 is 0. The molecule has 0 spiro atoms. The zero-order chi connectivity index (χ0) is 14.4. The second-order valence-corrected chi connectivity index (χ2v) is 5.91. The molecule has 0 fully saturated rings. The van der Waals surface area contributed by atoms with Crippen molar-refractivity contribution in [2.24, 2.45) is 0 Å². The number of benzene rings is 1. The van der Waals surface area contributed by atoms with Gasteiger partial charge >= 0.3 is 0 Å². The van der Waals surface area contributed by atoms with Crippen molar-refractivity contribution in [1.82, 2.24) is 5.48 Å². The number of phenolic OH excluding ortho intramolecular Hbond substituents is 1. The fourth-order valence-corrected chi connectivity index (χ4v) is 2.83. The van der Waals surface area contributed by atoms with E-state index in [1.165, 1.54) is 0 Å². The summed E-state index contributed by atoms with van der Waals surface area (Å²) in [5.74, 6) is 1.22. The molecule has 0 saturated carbocycles. The molecule has 1 aliphatic heterocycles. The van der Waals surface area contributed by atoms with Crippen LogP contribution in [0, 0.1) is 20.8 Å². The maximum atomic E-state index is 10.2. The molecule has 0 radical (unpaired) electrons. The van der Waals surface area contributed by atoms with Crippen molar-refractivity contribution in [3.63, 3.8) is 0 Å². The Morgan fingerprint density at radius 3 is 2.42 bits per heavy atom. The largest absolute Gasteiger partial charge is 0.507 e. The number of fused-ring (bicyclic) bond motifs is 1. The summed E-state index contributed by atoms with van der Waals surface area (Å²) in [4.78, 5) is 5.11. The maximum absolute atomic E-state index is 10.2. The molecule has 1 aromatic rings. The summed E-state index contributed by atoms with van der Waals surface area (Å²) in [6.45, 7) is 9.96. The van der Waals surface area contributed by atoms with Crippen LogP contribution in [0.15, 0.2) is 0 Å². The molecule has 1 unspecified atom stereocenters. The minimum atomic E-state index is -0.260. The SMILES string of the molecule is CONC1CC(C)(C)Oc2c(C)c(C)c(O)c(C)c21. The van der Waals surface area contributed by atoms with Crippen LogP contribution in [0.2, 0.25) is 0 Å². The van der Waals surface area contributed by atoms with E-state index in [0.717, 1.165) is 34.4 Å². The molecule has 2 N–H and O–H groups in total. The quantitative estimate of drug-likeness (QED) is 0.807. The highest BCUT2D eigenvalue weighted by molar-refractivity contribution is 5.59. The van der Waals surface area contributed by atoms with E-state index in [1.807, 2.05) is 20.8 Å². The van der Waals surface area contributed by atoms with Crippen molar-refractivity contribution < 1.29 is 14.7 Å². The van der Waals surface area contributed by atoms with Gasteiger partial charge < -0.3 is 14.7 Å². The van der Waals surface area contributed by atoms with E-state index in [1.54, 1.807) is 7.11 Å². The average molecular weight is 265 g/mol. The van der Waals surface area contributed by atoms with E-state index in [2.05, 4.69) is 19.3 Å². The van der Waals surface area contributed by atoms with Gasteiger partial charge in [0, 0.05) is 12.0 Å². The number of hydrogen-bond donors (Lipinski definition) is 2. The minimum absolute atomic E-state index is 0.0222. The predicted octanol–water partition coefficient (Wildman–Crippen LogP) is 3.07. The second-order valence-electron chi connectivity index (χ2n) is 5.91. The monoisotopic (exact) mass is 265 g/mol. The minimum Gasteiger partial charge on any atom is -0.507 e. The van der Waals surface area contributed by atoms with Crippen LogP contribution in [0.25, 0.3) is 0 Å². The van der Waals surface area contributed by atoms with E-state index in [9.17, 15) is 5.11 Å². The van der Waals surface area contributed by atoms with E-state index in [0.29, 0.717) is 5.75 Å². The van der Waals surface area contributed by atoms with Crippen molar-refractivity contribution in [2.75, 3.05) is 7.11 Å². The Morgan fingerprint density at radius 2 is 1.84 bits per heavy atom. The zero-order valence-electron chi connectivity index (χ0n) is 12.5. The van der Waals surface area contributed by atoms with E-state index in [4.69, 9.17) is 9.57 Å². The molecule has 0 saturated heterocycles. The van der Waals surface area contributed by atoms with E-state index >= 15 is 0 Å². The highest BCUT2D eigenvalue weighted by Gasteiger charge is 2.37. The van der Waals surface area contributed by atoms with Gasteiger partial charge in [-0.1, -0.05) is 0 Å². The van der Waals surface area contributed by atoms with Crippen molar-refractivity contribution in [3.8, 4) is 11.5 Å². The Labute approximate surface area is 114 Å². The van der Waals surface area contributed by atoms with Crippen LogP contribution in [0.1, 0.15) is 48.6 Å². The molecule has 4 heteroatoms. The number of hydrogen-bond acceptors (Lipinski definition) is 4. The summed E-state index contributed by atoms with van der Waals surface area (Å²) < 4.78 is 6.14. The standard InChI is InChI=1S/C15H23NO3/c1-8-9(2)14-12(10(3)13(8)17)11(16-18-6)7-15(4,5)19-14/h11,16-17H,7H2,1-6H3. The molecule has 1 aromatic carbocycles. The van der Waals surface area contributed by atoms with Crippen molar-refractivity contribution >= 4 is 0 Å². The molecule has 106 valence electrons.